The molecule has 0 fully saturated rings. The van der Waals surface area contributed by atoms with Crippen molar-refractivity contribution < 1.29 is 19.4 Å². The van der Waals surface area contributed by atoms with Gasteiger partial charge in [-0.25, -0.2) is 0 Å². The Morgan fingerprint density at radius 2 is 2.00 bits per heavy atom. The number of benzene rings is 1. The van der Waals surface area contributed by atoms with Crippen LogP contribution in [0, 0.1) is 5.92 Å². The number of carbonyl (C=O) groups excluding carboxylic acids is 1. The van der Waals surface area contributed by atoms with Gasteiger partial charge in [0.25, 0.3) is 0 Å². The van der Waals surface area contributed by atoms with Crippen molar-refractivity contribution in [2.45, 2.75) is 51.6 Å². The van der Waals surface area contributed by atoms with E-state index in [-0.39, 0.29) is 12.3 Å². The average molecular weight is 290 g/mol. The van der Waals surface area contributed by atoms with Gasteiger partial charge >= 0.3 is 11.9 Å². The second-order valence-corrected chi connectivity index (χ2v) is 6.58. The molecule has 21 heavy (non-hydrogen) atoms. The van der Waals surface area contributed by atoms with Crippen molar-refractivity contribution in [3.8, 4) is 0 Å². The summed E-state index contributed by atoms with van der Waals surface area (Å²) >= 11 is 0. The Kier molecular flexibility index (Phi) is 4.35. The lowest BCUT2D eigenvalue weighted by atomic mass is 9.85. The molecule has 0 bridgehead atoms. The number of carboxylic acid groups (broad SMARTS) is 1. The number of esters is 1. The standard InChI is InChI=1S/C17H22O4/c1-17(2,3)21-15(18)10-14(16(19)20)13-9-8-11-6-4-5-7-12(11)13/h4-7,13-14H,8-10H2,1-3H3,(H,19,20)/t13?,14-/m0/s1. The quantitative estimate of drug-likeness (QED) is 0.865. The monoisotopic (exact) mass is 290 g/mol. The summed E-state index contributed by atoms with van der Waals surface area (Å²) in [5, 5.41) is 9.50. The fourth-order valence-electron chi connectivity index (χ4n) is 2.97. The van der Waals surface area contributed by atoms with E-state index in [0.29, 0.717) is 0 Å². The summed E-state index contributed by atoms with van der Waals surface area (Å²) in [6.45, 7) is 5.35. The van der Waals surface area contributed by atoms with Crippen LogP contribution in [0.1, 0.15) is 50.7 Å². The van der Waals surface area contributed by atoms with Crippen molar-refractivity contribution in [3.05, 3.63) is 35.4 Å². The molecule has 0 amide bonds. The molecule has 0 saturated heterocycles. The third kappa shape index (κ3) is 3.84. The van der Waals surface area contributed by atoms with E-state index in [4.69, 9.17) is 4.74 Å². The number of hydrogen-bond donors (Lipinski definition) is 1. The molecule has 1 aliphatic rings. The third-order valence-electron chi connectivity index (χ3n) is 3.79. The van der Waals surface area contributed by atoms with E-state index in [0.717, 1.165) is 18.4 Å². The highest BCUT2D eigenvalue weighted by atomic mass is 16.6. The van der Waals surface area contributed by atoms with E-state index in [1.807, 2.05) is 24.3 Å². The van der Waals surface area contributed by atoms with Gasteiger partial charge in [0, 0.05) is 0 Å². The number of carbonyl (C=O) groups is 2. The first-order valence-corrected chi connectivity index (χ1v) is 7.30. The molecule has 2 atom stereocenters. The molecule has 1 aliphatic carbocycles. The Labute approximate surface area is 125 Å². The van der Waals surface area contributed by atoms with Crippen molar-refractivity contribution in [1.29, 1.82) is 0 Å². The van der Waals surface area contributed by atoms with Gasteiger partial charge in [0.05, 0.1) is 12.3 Å². The van der Waals surface area contributed by atoms with E-state index >= 15 is 0 Å². The number of carboxylic acids is 1. The third-order valence-corrected chi connectivity index (χ3v) is 3.79. The van der Waals surface area contributed by atoms with E-state index < -0.39 is 23.5 Å². The van der Waals surface area contributed by atoms with Crippen molar-refractivity contribution >= 4 is 11.9 Å². The predicted octanol–water partition coefficient (Wildman–Crippen LogP) is 3.15. The van der Waals surface area contributed by atoms with Gasteiger partial charge in [-0.2, -0.15) is 0 Å². The van der Waals surface area contributed by atoms with Crippen LogP contribution in [-0.2, 0) is 20.7 Å². The number of rotatable bonds is 4. The van der Waals surface area contributed by atoms with Gasteiger partial charge in [-0.1, -0.05) is 24.3 Å². The smallest absolute Gasteiger partial charge is 0.307 e. The Balaban J connectivity index is 2.14. The molecule has 0 aromatic heterocycles. The first-order chi connectivity index (χ1) is 9.78. The molecule has 4 nitrogen and oxygen atoms in total. The maximum atomic E-state index is 12.0. The Bertz CT molecular complexity index is 542. The molecule has 0 spiro atoms. The van der Waals surface area contributed by atoms with Gasteiger partial charge in [0.15, 0.2) is 0 Å². The molecular weight excluding hydrogens is 268 g/mol. The van der Waals surface area contributed by atoms with Crippen LogP contribution in [0.15, 0.2) is 24.3 Å². The van der Waals surface area contributed by atoms with E-state index in [1.165, 1.54) is 5.56 Å². The molecule has 0 aliphatic heterocycles. The molecule has 1 aromatic rings. The van der Waals surface area contributed by atoms with Crippen molar-refractivity contribution in [1.82, 2.24) is 0 Å². The van der Waals surface area contributed by atoms with Crippen LogP contribution in [-0.4, -0.2) is 22.6 Å². The normalized spacial score (nSPS) is 18.9. The molecule has 1 unspecified atom stereocenters. The fourth-order valence-corrected chi connectivity index (χ4v) is 2.97. The Hall–Kier alpha value is -1.84. The summed E-state index contributed by atoms with van der Waals surface area (Å²) < 4.78 is 5.26. The molecule has 0 saturated carbocycles. The highest BCUT2D eigenvalue weighted by Crippen LogP contribution is 2.40. The zero-order valence-electron chi connectivity index (χ0n) is 12.8. The largest absolute Gasteiger partial charge is 0.481 e. The van der Waals surface area contributed by atoms with Crippen LogP contribution >= 0.6 is 0 Å². The molecular formula is C17H22O4. The lowest BCUT2D eigenvalue weighted by Gasteiger charge is -2.23. The molecule has 114 valence electrons. The minimum Gasteiger partial charge on any atom is -0.481 e. The molecule has 2 rings (SSSR count). The topological polar surface area (TPSA) is 63.6 Å². The van der Waals surface area contributed by atoms with Crippen LogP contribution in [0.2, 0.25) is 0 Å². The number of aliphatic carboxylic acids is 1. The summed E-state index contributed by atoms with van der Waals surface area (Å²) in [6.07, 6.45) is 1.57. The van der Waals surface area contributed by atoms with Gasteiger partial charge in [-0.15, -0.1) is 0 Å². The predicted molar refractivity (Wildman–Crippen MR) is 79.1 cm³/mol. The number of aryl methyl sites for hydroxylation is 1. The molecule has 0 heterocycles. The molecule has 4 heteroatoms. The minimum atomic E-state index is -0.928. The number of fused-ring (bicyclic) bond motifs is 1. The van der Waals surface area contributed by atoms with E-state index in [1.54, 1.807) is 20.8 Å². The van der Waals surface area contributed by atoms with Crippen LogP contribution in [0.4, 0.5) is 0 Å². The summed E-state index contributed by atoms with van der Waals surface area (Å²) in [7, 11) is 0. The van der Waals surface area contributed by atoms with Gasteiger partial charge in [0.1, 0.15) is 5.60 Å². The zero-order valence-corrected chi connectivity index (χ0v) is 12.8. The SMILES string of the molecule is CC(C)(C)OC(=O)C[C@H](C(=O)O)C1CCc2ccccc21. The first kappa shape index (κ1) is 15.5. The first-order valence-electron chi connectivity index (χ1n) is 7.30. The van der Waals surface area contributed by atoms with E-state index in [9.17, 15) is 14.7 Å². The molecule has 0 radical (unpaired) electrons. The highest BCUT2D eigenvalue weighted by Gasteiger charge is 2.36. The summed E-state index contributed by atoms with van der Waals surface area (Å²) in [4.78, 5) is 23.5. The van der Waals surface area contributed by atoms with E-state index in [2.05, 4.69) is 0 Å². The van der Waals surface area contributed by atoms with Gasteiger partial charge in [-0.3, -0.25) is 9.59 Å². The molecule has 1 N–H and O–H groups in total. The fraction of sp³-hybridized carbons (Fsp3) is 0.529. The Morgan fingerprint density at radius 3 is 2.62 bits per heavy atom. The average Bonchev–Trinajstić information content (AvgIpc) is 2.77. The minimum absolute atomic E-state index is 0.0778. The van der Waals surface area contributed by atoms with Crippen LogP contribution < -0.4 is 0 Å². The summed E-state index contributed by atoms with van der Waals surface area (Å²) in [6, 6.07) is 7.88. The second kappa shape index (κ2) is 5.88. The number of hydrogen-bond acceptors (Lipinski definition) is 3. The van der Waals surface area contributed by atoms with Gasteiger partial charge in [0.2, 0.25) is 0 Å². The van der Waals surface area contributed by atoms with Crippen molar-refractivity contribution in [2.24, 2.45) is 5.92 Å². The van der Waals surface area contributed by atoms with Crippen LogP contribution in [0.3, 0.4) is 0 Å². The zero-order chi connectivity index (χ0) is 15.6. The maximum Gasteiger partial charge on any atom is 0.307 e. The summed E-state index contributed by atoms with van der Waals surface area (Å²) in [5.74, 6) is -2.20. The number of ether oxygens (including phenoxy) is 1. The Morgan fingerprint density at radius 1 is 1.33 bits per heavy atom. The highest BCUT2D eigenvalue weighted by molar-refractivity contribution is 5.80. The maximum absolute atomic E-state index is 12.0. The molecule has 1 aromatic carbocycles. The van der Waals surface area contributed by atoms with Gasteiger partial charge in [-0.05, 0) is 50.7 Å². The van der Waals surface area contributed by atoms with Gasteiger partial charge < -0.3 is 9.84 Å². The van der Waals surface area contributed by atoms with Crippen molar-refractivity contribution in [2.75, 3.05) is 0 Å². The van der Waals surface area contributed by atoms with Crippen LogP contribution in [0.25, 0.3) is 0 Å². The summed E-state index contributed by atoms with van der Waals surface area (Å²) in [5.41, 5.74) is 1.67. The lowest BCUT2D eigenvalue weighted by Crippen LogP contribution is -2.29. The van der Waals surface area contributed by atoms with Crippen LogP contribution in [0.5, 0.6) is 0 Å². The van der Waals surface area contributed by atoms with Crippen molar-refractivity contribution in [3.63, 3.8) is 0 Å². The lowest BCUT2D eigenvalue weighted by molar-refractivity contribution is -0.160. The second-order valence-electron chi connectivity index (χ2n) is 6.58.